The Kier molecular flexibility index (Phi) is 7.53. The maximum absolute atomic E-state index is 13.0. The van der Waals surface area contributed by atoms with E-state index in [4.69, 9.17) is 21.7 Å². The van der Waals surface area contributed by atoms with Crippen LogP contribution in [0.3, 0.4) is 0 Å². The van der Waals surface area contributed by atoms with Crippen LogP contribution >= 0.6 is 39.9 Å². The van der Waals surface area contributed by atoms with Gasteiger partial charge in [0.15, 0.2) is 0 Å². The fraction of sp³-hybridized carbons (Fsp3) is 0.154. The molecule has 0 bridgehead atoms. The van der Waals surface area contributed by atoms with Gasteiger partial charge in [0.2, 0.25) is 0 Å². The van der Waals surface area contributed by atoms with Crippen molar-refractivity contribution in [2.45, 2.75) is 20.1 Å². The summed E-state index contributed by atoms with van der Waals surface area (Å²) in [6.07, 6.45) is 1.86. The Hall–Kier alpha value is -2.61. The fourth-order valence-electron chi connectivity index (χ4n) is 3.27. The maximum Gasteiger partial charge on any atom is 0.266 e. The number of ether oxygens (including phenoxy) is 2. The second-order valence-electron chi connectivity index (χ2n) is 7.58. The Balaban J connectivity index is 1.43. The van der Waals surface area contributed by atoms with Crippen molar-refractivity contribution >= 4 is 56.2 Å². The minimum atomic E-state index is -0.0864. The molecule has 0 radical (unpaired) electrons. The molecule has 1 heterocycles. The van der Waals surface area contributed by atoms with Gasteiger partial charge in [0, 0.05) is 0 Å². The van der Waals surface area contributed by atoms with Gasteiger partial charge in [-0.2, -0.15) is 0 Å². The van der Waals surface area contributed by atoms with E-state index in [-0.39, 0.29) is 5.91 Å². The first-order valence-corrected chi connectivity index (χ1v) is 12.3. The molecule has 3 aromatic carbocycles. The van der Waals surface area contributed by atoms with E-state index in [0.29, 0.717) is 22.4 Å². The lowest BCUT2D eigenvalue weighted by Crippen LogP contribution is -2.27. The summed E-state index contributed by atoms with van der Waals surface area (Å²) in [7, 11) is 1.63. The zero-order valence-electron chi connectivity index (χ0n) is 18.2. The summed E-state index contributed by atoms with van der Waals surface area (Å²) in [5.74, 6) is 1.44. The summed E-state index contributed by atoms with van der Waals surface area (Å²) in [4.78, 5) is 15.2. The number of hydrogen-bond donors (Lipinski definition) is 0. The number of nitrogens with zero attached hydrogens (tertiary/aromatic N) is 1. The Morgan fingerprint density at radius 3 is 2.39 bits per heavy atom. The smallest absolute Gasteiger partial charge is 0.266 e. The van der Waals surface area contributed by atoms with Crippen LogP contribution in [0.5, 0.6) is 11.5 Å². The highest BCUT2D eigenvalue weighted by Gasteiger charge is 2.32. The maximum atomic E-state index is 13.0. The molecule has 0 spiro atoms. The predicted octanol–water partition coefficient (Wildman–Crippen LogP) is 6.75. The minimum Gasteiger partial charge on any atom is -0.497 e. The van der Waals surface area contributed by atoms with E-state index in [1.165, 1.54) is 17.3 Å². The highest BCUT2D eigenvalue weighted by molar-refractivity contribution is 9.10. The Labute approximate surface area is 211 Å². The summed E-state index contributed by atoms with van der Waals surface area (Å²) < 4.78 is 12.5. The van der Waals surface area contributed by atoms with E-state index in [2.05, 4.69) is 47.1 Å². The largest absolute Gasteiger partial charge is 0.497 e. The molecule has 0 unspecified atom stereocenters. The van der Waals surface area contributed by atoms with Gasteiger partial charge in [-0.05, 0) is 69.9 Å². The summed E-state index contributed by atoms with van der Waals surface area (Å²) in [6, 6.07) is 21.7. The Morgan fingerprint density at radius 1 is 1.03 bits per heavy atom. The molecule has 0 atom stereocenters. The highest BCUT2D eigenvalue weighted by atomic mass is 79.9. The molecule has 1 saturated heterocycles. The van der Waals surface area contributed by atoms with Gasteiger partial charge in [0.25, 0.3) is 5.91 Å². The highest BCUT2D eigenvalue weighted by Crippen LogP contribution is 2.35. The first kappa shape index (κ1) is 23.5. The average Bonchev–Trinajstić information content (AvgIpc) is 3.07. The predicted molar refractivity (Wildman–Crippen MR) is 141 cm³/mol. The molecule has 0 saturated carbocycles. The Morgan fingerprint density at radius 2 is 1.73 bits per heavy atom. The number of carbonyl (C=O) groups excluding carboxylic acids is 1. The van der Waals surface area contributed by atoms with Crippen molar-refractivity contribution in [3.8, 4) is 11.5 Å². The van der Waals surface area contributed by atoms with Gasteiger partial charge >= 0.3 is 0 Å². The molecular formula is C26H22BrNO3S2. The normalized spacial score (nSPS) is 14.8. The van der Waals surface area contributed by atoms with Crippen LogP contribution in [0.4, 0.5) is 0 Å². The lowest BCUT2D eigenvalue weighted by molar-refractivity contribution is -0.122. The van der Waals surface area contributed by atoms with Crippen molar-refractivity contribution in [1.82, 2.24) is 4.90 Å². The van der Waals surface area contributed by atoms with Gasteiger partial charge in [-0.25, -0.2) is 0 Å². The van der Waals surface area contributed by atoms with Gasteiger partial charge < -0.3 is 9.47 Å². The number of hydrogen-bond acceptors (Lipinski definition) is 5. The number of methoxy groups -OCH3 is 1. The van der Waals surface area contributed by atoms with Crippen LogP contribution in [-0.2, 0) is 17.9 Å². The molecule has 0 N–H and O–H groups in total. The average molecular weight is 541 g/mol. The topological polar surface area (TPSA) is 38.8 Å². The quantitative estimate of drug-likeness (QED) is 0.245. The summed E-state index contributed by atoms with van der Waals surface area (Å²) in [5, 5.41) is 0. The molecule has 1 fully saturated rings. The number of halogens is 1. The molecule has 0 aliphatic carbocycles. The van der Waals surface area contributed by atoms with Crippen molar-refractivity contribution in [2.75, 3.05) is 7.11 Å². The van der Waals surface area contributed by atoms with Crippen LogP contribution in [0.1, 0.15) is 22.3 Å². The first-order valence-electron chi connectivity index (χ1n) is 10.3. The number of thioether (sulfide) groups is 1. The van der Waals surface area contributed by atoms with E-state index in [0.717, 1.165) is 32.7 Å². The van der Waals surface area contributed by atoms with Gasteiger partial charge in [0.1, 0.15) is 22.4 Å². The summed E-state index contributed by atoms with van der Waals surface area (Å²) >= 11 is 10.4. The molecule has 3 aromatic rings. The van der Waals surface area contributed by atoms with Crippen molar-refractivity contribution in [3.63, 3.8) is 0 Å². The van der Waals surface area contributed by atoms with Crippen molar-refractivity contribution in [3.05, 3.63) is 98.4 Å². The van der Waals surface area contributed by atoms with Crippen LogP contribution in [0.15, 0.2) is 76.1 Å². The molecule has 7 heteroatoms. The number of aryl methyl sites for hydroxylation is 1. The number of benzene rings is 3. The zero-order valence-corrected chi connectivity index (χ0v) is 21.4. The number of amides is 1. The lowest BCUT2D eigenvalue weighted by Gasteiger charge is -2.14. The van der Waals surface area contributed by atoms with E-state index < -0.39 is 0 Å². The molecule has 1 aliphatic heterocycles. The third kappa shape index (κ3) is 5.85. The zero-order chi connectivity index (χ0) is 23.4. The molecule has 4 nitrogen and oxygen atoms in total. The molecular weight excluding hydrogens is 518 g/mol. The second kappa shape index (κ2) is 10.5. The first-order chi connectivity index (χ1) is 15.9. The molecule has 1 amide bonds. The molecule has 168 valence electrons. The number of rotatable bonds is 7. The number of carbonyl (C=O) groups is 1. The van der Waals surface area contributed by atoms with E-state index in [9.17, 15) is 4.79 Å². The third-order valence-electron chi connectivity index (χ3n) is 5.14. The van der Waals surface area contributed by atoms with Gasteiger partial charge in [0.05, 0.1) is 23.0 Å². The van der Waals surface area contributed by atoms with E-state index in [1.807, 2.05) is 48.5 Å². The fourth-order valence-corrected chi connectivity index (χ4v) is 5.04. The monoisotopic (exact) mass is 539 g/mol. The lowest BCUT2D eigenvalue weighted by atomic mass is 10.1. The van der Waals surface area contributed by atoms with Crippen molar-refractivity contribution in [1.29, 1.82) is 0 Å². The molecule has 33 heavy (non-hydrogen) atoms. The second-order valence-corrected chi connectivity index (χ2v) is 10.1. The van der Waals surface area contributed by atoms with E-state index in [1.54, 1.807) is 12.0 Å². The van der Waals surface area contributed by atoms with Crippen molar-refractivity contribution < 1.29 is 14.3 Å². The molecule has 4 rings (SSSR count). The van der Waals surface area contributed by atoms with Crippen LogP contribution < -0.4 is 9.47 Å². The molecule has 0 aromatic heterocycles. The standard InChI is InChI=1S/C26H22BrNO3S2/c1-17-3-5-19(6-4-17)16-31-23-12-9-20(13-22(23)27)14-24-25(29)28(26(32)33-24)15-18-7-10-21(30-2)11-8-18/h3-14H,15-16H2,1-2H3/b24-14-. The SMILES string of the molecule is COc1ccc(CN2C(=O)/C(=C/c3ccc(OCc4ccc(C)cc4)c(Br)c3)SC2=S)cc1. The van der Waals surface area contributed by atoms with Crippen LogP contribution in [0, 0.1) is 6.92 Å². The summed E-state index contributed by atoms with van der Waals surface area (Å²) in [5.41, 5.74) is 4.22. The Bertz CT molecular complexity index is 1210. The minimum absolute atomic E-state index is 0.0864. The van der Waals surface area contributed by atoms with Crippen LogP contribution in [-0.4, -0.2) is 22.2 Å². The third-order valence-corrected chi connectivity index (χ3v) is 7.14. The molecule has 1 aliphatic rings. The van der Waals surface area contributed by atoms with Crippen molar-refractivity contribution in [2.24, 2.45) is 0 Å². The van der Waals surface area contributed by atoms with Crippen LogP contribution in [0.25, 0.3) is 6.08 Å². The summed E-state index contributed by atoms with van der Waals surface area (Å²) in [6.45, 7) is 2.98. The van der Waals surface area contributed by atoms with Gasteiger partial charge in [-0.1, -0.05) is 72.0 Å². The van der Waals surface area contributed by atoms with Gasteiger partial charge in [-0.15, -0.1) is 0 Å². The van der Waals surface area contributed by atoms with Gasteiger partial charge in [-0.3, -0.25) is 9.69 Å². The van der Waals surface area contributed by atoms with Crippen LogP contribution in [0.2, 0.25) is 0 Å². The van der Waals surface area contributed by atoms with E-state index >= 15 is 0 Å². The number of thiocarbonyl (C=S) groups is 1.